The van der Waals surface area contributed by atoms with Gasteiger partial charge in [0.15, 0.2) is 12.7 Å². The summed E-state index contributed by atoms with van der Waals surface area (Å²) in [7, 11) is 5.75. The number of carbonyl (C=O) groups excluding carboxylic acids is 13. The summed E-state index contributed by atoms with van der Waals surface area (Å²) in [6, 6.07) is -3.02. The van der Waals surface area contributed by atoms with Gasteiger partial charge in [0.25, 0.3) is 5.91 Å². The van der Waals surface area contributed by atoms with Crippen molar-refractivity contribution < 1.29 is 117 Å². The standard InChI is InChI=1S/C86H123N13O24/c1-12-82(117)37-49(39-96(14-3)45-82)38-85(80(115)120-10,68-47(6)52-24-18-19-25-55(52)88-68)54-35-53-61(36-63(54)119-9)95(8)78-84(53)30-33-97-31-21-29-83(13-2,77(84)97)79(86(78,118)81(116)121-11)123-75(113)60-26-20-32-98(60)65(106)44-122-76(114)66(46(4)5)93-71(109)58(42-101)90-69(107)56(27-28-64(87)105)89-74(112)67(50-22-16-15-17-23-50)94-72(110)59(43-102)91-70(108)57(41-100)92-73(111)62-34-51(104)40-99(62)48(7)103/h18-19,21,24-25,29,35-36,46,49-51,56-60,62,66-67,77-79,88,100-102,104,117-118H,12-17,20,22-23,26-28,30-34,37-45H2,1-11H3,(H2,87,105)(H,89,112)(H,90,107)(H,91,108)(H,92,111)(H,93,109)(H,94,110)/t49?,51-,56-,57-,58-,59-,60?,62-,66-,67?,77?,78?,79-,82-,83-,84?,85-,86+/m0/s1. The number of aliphatic hydroxyl groups excluding tert-OH is 4. The molecule has 7 heterocycles. The molecule has 37 nitrogen and oxygen atoms in total. The fraction of sp³-hybridized carbons (Fsp3) is 0.663. The Morgan fingerprint density at radius 3 is 2.00 bits per heavy atom. The van der Waals surface area contributed by atoms with E-state index in [1.165, 1.54) is 39.9 Å². The monoisotopic (exact) mass is 1720 g/mol. The molecule has 2 aromatic carbocycles. The maximum Gasteiger partial charge on any atom is 0.344 e. The molecular weight excluding hydrogens is 1600 g/mol. The number of hydrogen-bond donors (Lipinski definition) is 14. The number of aryl methyl sites for hydroxylation is 1. The summed E-state index contributed by atoms with van der Waals surface area (Å²) in [5, 5.41) is 83.1. The molecular formula is C86H123N13O24. The number of anilines is 1. The molecule has 6 fully saturated rings. The molecule has 9 amide bonds. The van der Waals surface area contributed by atoms with Crippen LogP contribution in [0.5, 0.6) is 5.75 Å². The Balaban J connectivity index is 0.798. The number of ether oxygens (including phenoxy) is 5. The SMILES string of the molecule is CCN1CC(C[C@](C(=O)OC)(c2cc3c(cc2OC)N(C)C2C34CCN3CC=C[C@@](CC)(C34)[C@H](OC(=O)C3CCCN3C(=O)COC(=O)[C@@H](NC(=O)[C@H](CO)NC(=O)[C@H](CCC(N)=O)NC(=O)C(NC(=O)[C@H](CO)NC(=O)[C@H](CO)NC(=O)[C@@H]3C[C@H](O)CN3C(C)=O)C3CCCCC3)C(C)C)[C@@]2(O)C(=O)OC)c2[nH]c3ccccc3c2C)C[C@@](O)(CC)C1. The van der Waals surface area contributed by atoms with Gasteiger partial charge in [0.05, 0.1) is 58.9 Å². The lowest BCUT2D eigenvalue weighted by Crippen LogP contribution is -2.81. The average Bonchev–Trinajstić information content (AvgIpc) is 1.49. The van der Waals surface area contributed by atoms with Gasteiger partial charge < -0.3 is 117 Å². The van der Waals surface area contributed by atoms with Crippen molar-refractivity contribution in [3.05, 3.63) is 70.9 Å². The third-order valence-corrected chi connectivity index (χ3v) is 27.3. The van der Waals surface area contributed by atoms with Crippen LogP contribution in [0.4, 0.5) is 5.69 Å². The summed E-state index contributed by atoms with van der Waals surface area (Å²) in [4.78, 5) is 196. The normalized spacial score (nSPS) is 27.5. The molecule has 2 saturated carbocycles. The second kappa shape index (κ2) is 38.7. The zero-order chi connectivity index (χ0) is 89.7. The number of benzene rings is 2. The molecule has 11 rings (SSSR count). The smallest absolute Gasteiger partial charge is 0.344 e. The third-order valence-electron chi connectivity index (χ3n) is 27.3. The molecule has 1 aromatic heterocycles. The average molecular weight is 1720 g/mol. The van der Waals surface area contributed by atoms with Crippen molar-refractivity contribution in [1.29, 1.82) is 0 Å². The second-order valence-electron chi connectivity index (χ2n) is 34.9. The summed E-state index contributed by atoms with van der Waals surface area (Å²) < 4.78 is 30.6. The quantitative estimate of drug-likeness (QED) is 0.0184. The number of methoxy groups -OCH3 is 3. The molecule has 676 valence electrons. The molecule has 37 heteroatoms. The summed E-state index contributed by atoms with van der Waals surface area (Å²) in [5.41, 5.74) is 1.27. The predicted octanol–water partition coefficient (Wildman–Crippen LogP) is -1.35. The number of likely N-dealkylation sites (N-methyl/N-ethyl adjacent to an activating group) is 2. The Morgan fingerprint density at radius 2 is 1.39 bits per heavy atom. The molecule has 3 aromatic rings. The lowest BCUT2D eigenvalue weighted by molar-refractivity contribution is -0.231. The van der Waals surface area contributed by atoms with E-state index in [1.807, 2.05) is 81.1 Å². The van der Waals surface area contributed by atoms with E-state index in [0.717, 1.165) is 34.9 Å². The first-order chi connectivity index (χ1) is 58.5. The molecule has 18 atom stereocenters. The minimum absolute atomic E-state index is 0.0357. The van der Waals surface area contributed by atoms with Crippen molar-refractivity contribution in [1.82, 2.24) is 56.5 Å². The van der Waals surface area contributed by atoms with Crippen LogP contribution in [0.2, 0.25) is 0 Å². The molecule has 1 spiro atoms. The Bertz CT molecular complexity index is 4520. The van der Waals surface area contributed by atoms with Crippen molar-refractivity contribution in [2.45, 2.75) is 239 Å². The van der Waals surface area contributed by atoms with Crippen LogP contribution in [-0.2, 0) is 92.1 Å². The van der Waals surface area contributed by atoms with Gasteiger partial charge in [0.1, 0.15) is 59.5 Å². The highest BCUT2D eigenvalue weighted by Crippen LogP contribution is 2.68. The second-order valence-corrected chi connectivity index (χ2v) is 34.9. The Hall–Kier alpha value is -9.89. The van der Waals surface area contributed by atoms with Crippen LogP contribution >= 0.6 is 0 Å². The molecule has 123 heavy (non-hydrogen) atoms. The fourth-order valence-electron chi connectivity index (χ4n) is 21.3. The fourth-order valence-corrected chi connectivity index (χ4v) is 21.3. The van der Waals surface area contributed by atoms with E-state index < -0.39 is 228 Å². The molecule has 2 aliphatic carbocycles. The summed E-state index contributed by atoms with van der Waals surface area (Å²) in [6.45, 7) is 10.2. The van der Waals surface area contributed by atoms with Crippen LogP contribution in [0, 0.1) is 30.1 Å². The highest BCUT2D eigenvalue weighted by molar-refractivity contribution is 6.00. The molecule has 6 unspecified atom stereocenters. The zero-order valence-electron chi connectivity index (χ0n) is 72.0. The molecule has 4 saturated heterocycles. The predicted molar refractivity (Wildman–Crippen MR) is 442 cm³/mol. The number of esters is 4. The van der Waals surface area contributed by atoms with Crippen LogP contribution in [0.3, 0.4) is 0 Å². The van der Waals surface area contributed by atoms with Crippen molar-refractivity contribution in [3.8, 4) is 5.75 Å². The van der Waals surface area contributed by atoms with Gasteiger partial charge in [-0.15, -0.1) is 0 Å². The number of aromatic nitrogens is 1. The van der Waals surface area contributed by atoms with Crippen LogP contribution < -0.4 is 47.3 Å². The van der Waals surface area contributed by atoms with E-state index in [0.29, 0.717) is 106 Å². The maximum absolute atomic E-state index is 15.8. The van der Waals surface area contributed by atoms with Gasteiger partial charge in [0.2, 0.25) is 52.9 Å². The molecule has 0 bridgehead atoms. The lowest BCUT2D eigenvalue weighted by atomic mass is 9.47. The van der Waals surface area contributed by atoms with Crippen molar-refractivity contribution in [2.24, 2.45) is 28.9 Å². The number of primary amides is 1. The summed E-state index contributed by atoms with van der Waals surface area (Å²) >= 11 is 0. The number of H-pyrrole nitrogens is 1. The van der Waals surface area contributed by atoms with Crippen LogP contribution in [0.25, 0.3) is 10.9 Å². The molecule has 15 N–H and O–H groups in total. The number of nitrogens with two attached hydrogens (primary N) is 1. The van der Waals surface area contributed by atoms with Gasteiger partial charge in [0, 0.05) is 110 Å². The lowest BCUT2D eigenvalue weighted by Gasteiger charge is -2.63. The first kappa shape index (κ1) is 93.8. The van der Waals surface area contributed by atoms with Gasteiger partial charge in [-0.3, -0.25) is 52.8 Å². The van der Waals surface area contributed by atoms with Crippen molar-refractivity contribution in [2.75, 3.05) is 106 Å². The van der Waals surface area contributed by atoms with Gasteiger partial charge in [-0.1, -0.05) is 84.2 Å². The molecule has 6 aliphatic heterocycles. The highest BCUT2D eigenvalue weighted by atomic mass is 16.6. The number of likely N-dealkylation sites (tertiary alicyclic amines) is 3. The van der Waals surface area contributed by atoms with Crippen LogP contribution in [-0.4, -0.2) is 317 Å². The summed E-state index contributed by atoms with van der Waals surface area (Å²) in [5.74, 6) is -14.0. The number of aromatic amines is 1. The number of amides is 9. The van der Waals surface area contributed by atoms with Crippen LogP contribution in [0.15, 0.2) is 48.6 Å². The van der Waals surface area contributed by atoms with Crippen molar-refractivity contribution >= 4 is 93.6 Å². The van der Waals surface area contributed by atoms with Crippen molar-refractivity contribution in [3.63, 3.8) is 0 Å². The minimum Gasteiger partial charge on any atom is -0.496 e. The number of fused-ring (bicyclic) bond motifs is 2. The van der Waals surface area contributed by atoms with Gasteiger partial charge >= 0.3 is 23.9 Å². The number of rotatable bonds is 35. The Kier molecular flexibility index (Phi) is 29.5. The van der Waals surface area contributed by atoms with Gasteiger partial charge in [-0.2, -0.15) is 0 Å². The van der Waals surface area contributed by atoms with E-state index in [4.69, 9.17) is 29.4 Å². The first-order valence-electron chi connectivity index (χ1n) is 42.8. The number of piperidine rings is 1. The maximum atomic E-state index is 15.8. The van der Waals surface area contributed by atoms with E-state index >= 15 is 14.4 Å². The molecule has 0 radical (unpaired) electrons. The number of hydrogen-bond acceptors (Lipinski definition) is 27. The Labute approximate surface area is 714 Å². The number of nitrogens with zero attached hydrogens (tertiary/aromatic N) is 5. The van der Waals surface area contributed by atoms with E-state index in [1.54, 1.807) is 7.05 Å². The van der Waals surface area contributed by atoms with Gasteiger partial charge in [-0.05, 0) is 125 Å². The summed E-state index contributed by atoms with van der Waals surface area (Å²) in [6.07, 6.45) is 4.45. The van der Waals surface area contributed by atoms with E-state index in [-0.39, 0.29) is 51.1 Å². The topological polar surface area (TPSA) is 520 Å². The molecule has 8 aliphatic rings. The number of aliphatic hydroxyl groups is 6. The zero-order valence-corrected chi connectivity index (χ0v) is 72.0. The first-order valence-corrected chi connectivity index (χ1v) is 42.8. The van der Waals surface area contributed by atoms with Crippen LogP contribution in [0.1, 0.15) is 160 Å². The number of nitrogens with one attached hydrogen (secondary N) is 7. The minimum atomic E-state index is -2.71. The number of carbonyl (C=O) groups is 13. The third kappa shape index (κ3) is 18.0. The van der Waals surface area contributed by atoms with E-state index in [2.05, 4.69) is 46.7 Å². The Morgan fingerprint density at radius 1 is 0.740 bits per heavy atom. The highest BCUT2D eigenvalue weighted by Gasteiger charge is 2.81. The number of β-amino-alcohol motifs (C(OH)–C–C–N with tert-alkyl or cyclic N) is 2. The largest absolute Gasteiger partial charge is 0.496 e. The van der Waals surface area contributed by atoms with Gasteiger partial charge in [-0.25, -0.2) is 14.4 Å². The number of para-hydroxylation sites is 1. The van der Waals surface area contributed by atoms with E-state index in [9.17, 15) is 78.6 Å².